The van der Waals surface area contributed by atoms with Crippen LogP contribution >= 0.6 is 0 Å². The molecule has 2 atom stereocenters. The number of hydrogen-bond acceptors (Lipinski definition) is 2. The Kier molecular flexibility index (Phi) is 8.88. The number of halogens is 13. The van der Waals surface area contributed by atoms with E-state index in [2.05, 4.69) is 0 Å². The van der Waals surface area contributed by atoms with Crippen LogP contribution < -0.4 is 4.74 Å². The zero-order chi connectivity index (χ0) is 31.2. The number of alkyl halides is 13. The van der Waals surface area contributed by atoms with E-state index in [1.807, 2.05) is 0 Å². The molecule has 2 unspecified atom stereocenters. The van der Waals surface area contributed by atoms with Gasteiger partial charge in [0.15, 0.2) is 0 Å². The van der Waals surface area contributed by atoms with E-state index in [4.69, 9.17) is 4.74 Å². The second-order valence-electron chi connectivity index (χ2n) is 9.43. The van der Waals surface area contributed by atoms with Gasteiger partial charge in [-0.05, 0) is 37.1 Å². The molecule has 15 heteroatoms. The van der Waals surface area contributed by atoms with Crippen molar-refractivity contribution >= 4 is 0 Å². The lowest BCUT2D eigenvalue weighted by Crippen LogP contribution is -2.70. The van der Waals surface area contributed by atoms with E-state index in [-0.39, 0.29) is 11.3 Å². The highest BCUT2D eigenvalue weighted by molar-refractivity contribution is 5.37. The average Bonchev–Trinajstić information content (AvgIpc) is 2.82. The molecule has 0 heterocycles. The molecule has 0 aliphatic heterocycles. The number of hydrogen-bond donors (Lipinski definition) is 1. The Bertz CT molecular complexity index is 1150. The van der Waals surface area contributed by atoms with Crippen molar-refractivity contribution in [2.45, 2.75) is 80.6 Å². The summed E-state index contributed by atoms with van der Waals surface area (Å²) in [5.41, 5.74) is -4.02. The third-order valence-electron chi connectivity index (χ3n) is 6.21. The molecule has 0 fully saturated rings. The molecule has 0 aliphatic rings. The Balaban J connectivity index is 2.71. The maximum absolute atomic E-state index is 15.0. The predicted molar refractivity (Wildman–Crippen MR) is 116 cm³/mol. The molecule has 0 saturated carbocycles. The third kappa shape index (κ3) is 5.57. The van der Waals surface area contributed by atoms with Gasteiger partial charge in [0.2, 0.25) is 0 Å². The molecule has 226 valence electrons. The summed E-state index contributed by atoms with van der Waals surface area (Å²) in [6.07, 6.45) is -10.9. The van der Waals surface area contributed by atoms with Crippen LogP contribution in [0.1, 0.15) is 44.2 Å². The van der Waals surface area contributed by atoms with E-state index in [1.165, 1.54) is 50.2 Å². The Hall–Kier alpha value is -2.71. The van der Waals surface area contributed by atoms with E-state index in [0.29, 0.717) is 0 Å². The van der Waals surface area contributed by atoms with Crippen LogP contribution in [0.5, 0.6) is 5.75 Å². The largest absolute Gasteiger partial charge is 0.491 e. The second-order valence-corrected chi connectivity index (χ2v) is 9.43. The van der Waals surface area contributed by atoms with Crippen molar-refractivity contribution in [2.75, 3.05) is 0 Å². The highest BCUT2D eigenvalue weighted by Gasteiger charge is 2.90. The zero-order valence-corrected chi connectivity index (χ0v) is 20.8. The SMILES string of the molecule is CC(C)Oc1cccc(C(O)(CC(F)(F)C(F)(F)C(F)(F)C(F)(F)C(F)(F)C(F)(F)F)C(C)c2ccccc2)c1. The van der Waals surface area contributed by atoms with Crippen LogP contribution in [0, 0.1) is 0 Å². The fourth-order valence-corrected chi connectivity index (χ4v) is 3.88. The monoisotopic (exact) mass is 602 g/mol. The van der Waals surface area contributed by atoms with Gasteiger partial charge in [0.05, 0.1) is 12.5 Å². The molecule has 0 radical (unpaired) electrons. The van der Waals surface area contributed by atoms with Gasteiger partial charge in [-0.3, -0.25) is 0 Å². The summed E-state index contributed by atoms with van der Waals surface area (Å²) in [6, 6.07) is 10.6. The number of benzene rings is 2. The molecule has 2 aromatic carbocycles. The Morgan fingerprint density at radius 2 is 1.15 bits per heavy atom. The van der Waals surface area contributed by atoms with E-state index in [9.17, 15) is 62.2 Å². The standard InChI is InChI=1S/C25H23F13O2/c1-14(2)40-18-11-7-10-17(12-18)19(39,15(3)16-8-5-4-6-9-16)13-20(26,27)21(28,29)22(30,31)23(32,33)24(34,35)25(36,37)38/h4-12,14-15,39H,13H2,1-3H3. The van der Waals surface area contributed by atoms with Crippen LogP contribution in [0.25, 0.3) is 0 Å². The summed E-state index contributed by atoms with van der Waals surface area (Å²) in [5, 5.41) is 11.4. The van der Waals surface area contributed by atoms with Crippen LogP contribution in [0.3, 0.4) is 0 Å². The molecular formula is C25H23F13O2. The molecule has 0 aromatic heterocycles. The van der Waals surface area contributed by atoms with Crippen LogP contribution in [0.2, 0.25) is 0 Å². The highest BCUT2D eigenvalue weighted by atomic mass is 19.4. The van der Waals surface area contributed by atoms with Gasteiger partial charge < -0.3 is 9.84 Å². The topological polar surface area (TPSA) is 29.5 Å². The number of rotatable bonds is 11. The Morgan fingerprint density at radius 1 is 0.650 bits per heavy atom. The minimum Gasteiger partial charge on any atom is -0.491 e. The molecule has 0 spiro atoms. The summed E-state index contributed by atoms with van der Waals surface area (Å²) in [5.74, 6) is -39.7. The lowest BCUT2D eigenvalue weighted by molar-refractivity contribution is -0.441. The van der Waals surface area contributed by atoms with E-state index < -0.39 is 65.4 Å². The first-order valence-electron chi connectivity index (χ1n) is 11.4. The molecule has 40 heavy (non-hydrogen) atoms. The molecular weight excluding hydrogens is 579 g/mol. The Morgan fingerprint density at radius 3 is 1.62 bits per heavy atom. The maximum atomic E-state index is 15.0. The van der Waals surface area contributed by atoms with E-state index in [1.54, 1.807) is 0 Å². The lowest BCUT2D eigenvalue weighted by atomic mass is 9.73. The molecule has 0 bridgehead atoms. The van der Waals surface area contributed by atoms with Crippen LogP contribution in [-0.4, -0.2) is 47.0 Å². The van der Waals surface area contributed by atoms with Gasteiger partial charge >= 0.3 is 35.8 Å². The summed E-state index contributed by atoms with van der Waals surface area (Å²) in [6.45, 7) is 4.04. The molecule has 1 N–H and O–H groups in total. The minimum atomic E-state index is -8.03. The molecule has 2 rings (SSSR count). The van der Waals surface area contributed by atoms with Crippen LogP contribution in [0.15, 0.2) is 54.6 Å². The predicted octanol–water partition coefficient (Wildman–Crippen LogP) is 8.59. The summed E-state index contributed by atoms with van der Waals surface area (Å²) in [4.78, 5) is 0. The first kappa shape index (κ1) is 33.5. The van der Waals surface area contributed by atoms with Crippen molar-refractivity contribution in [1.82, 2.24) is 0 Å². The maximum Gasteiger partial charge on any atom is 0.460 e. The van der Waals surface area contributed by atoms with Crippen LogP contribution in [0.4, 0.5) is 57.1 Å². The van der Waals surface area contributed by atoms with Crippen LogP contribution in [-0.2, 0) is 5.60 Å². The fourth-order valence-electron chi connectivity index (χ4n) is 3.88. The summed E-state index contributed by atoms with van der Waals surface area (Å²) >= 11 is 0. The van der Waals surface area contributed by atoms with Gasteiger partial charge in [0.1, 0.15) is 11.4 Å². The van der Waals surface area contributed by atoms with E-state index in [0.717, 1.165) is 25.1 Å². The lowest BCUT2D eigenvalue weighted by Gasteiger charge is -2.43. The van der Waals surface area contributed by atoms with Gasteiger partial charge in [-0.15, -0.1) is 0 Å². The fraction of sp³-hybridized carbons (Fsp3) is 0.520. The van der Waals surface area contributed by atoms with E-state index >= 15 is 0 Å². The van der Waals surface area contributed by atoms with Crippen molar-refractivity contribution in [3.8, 4) is 5.75 Å². The molecule has 2 aromatic rings. The zero-order valence-electron chi connectivity index (χ0n) is 20.8. The van der Waals surface area contributed by atoms with Crippen molar-refractivity contribution in [2.24, 2.45) is 0 Å². The van der Waals surface area contributed by atoms with Crippen molar-refractivity contribution in [3.63, 3.8) is 0 Å². The third-order valence-corrected chi connectivity index (χ3v) is 6.21. The molecule has 0 aliphatic carbocycles. The van der Waals surface area contributed by atoms with Gasteiger partial charge in [0.25, 0.3) is 0 Å². The molecule has 0 amide bonds. The summed E-state index contributed by atoms with van der Waals surface area (Å²) < 4.78 is 184. The smallest absolute Gasteiger partial charge is 0.460 e. The van der Waals surface area contributed by atoms with Gasteiger partial charge in [-0.25, -0.2) is 0 Å². The average molecular weight is 602 g/mol. The first-order chi connectivity index (χ1) is 17.9. The second kappa shape index (κ2) is 10.6. The number of ether oxygens (including phenoxy) is 1. The van der Waals surface area contributed by atoms with Crippen molar-refractivity contribution in [3.05, 3.63) is 65.7 Å². The minimum absolute atomic E-state index is 0.0417. The van der Waals surface area contributed by atoms with Gasteiger partial charge in [-0.2, -0.15) is 57.1 Å². The highest BCUT2D eigenvalue weighted by Crippen LogP contribution is 2.62. The van der Waals surface area contributed by atoms with Crippen molar-refractivity contribution < 1.29 is 66.9 Å². The Labute approximate surface area is 219 Å². The summed E-state index contributed by atoms with van der Waals surface area (Å²) in [7, 11) is 0. The van der Waals surface area contributed by atoms with Gasteiger partial charge in [0, 0.05) is 5.92 Å². The number of aliphatic hydroxyl groups is 1. The quantitative estimate of drug-likeness (QED) is 0.261. The molecule has 2 nitrogen and oxygen atoms in total. The molecule has 0 saturated heterocycles. The van der Waals surface area contributed by atoms with Gasteiger partial charge in [-0.1, -0.05) is 49.4 Å². The first-order valence-corrected chi connectivity index (χ1v) is 11.4. The normalized spacial score (nSPS) is 16.6. The van der Waals surface area contributed by atoms with Crippen molar-refractivity contribution in [1.29, 1.82) is 0 Å².